The highest BCUT2D eigenvalue weighted by Crippen LogP contribution is 2.22. The number of rotatable bonds is 3. The highest BCUT2D eigenvalue weighted by Gasteiger charge is 2.15. The van der Waals surface area contributed by atoms with Gasteiger partial charge in [0.1, 0.15) is 16.6 Å². The fourth-order valence-corrected chi connectivity index (χ4v) is 1.77. The molecule has 1 aromatic carbocycles. The third-order valence-electron chi connectivity index (χ3n) is 2.35. The van der Waals surface area contributed by atoms with Crippen molar-refractivity contribution >= 4 is 40.5 Å². The Bertz CT molecular complexity index is 656. The summed E-state index contributed by atoms with van der Waals surface area (Å²) >= 11 is 10.6. The van der Waals surface area contributed by atoms with E-state index < -0.39 is 5.91 Å². The minimum Gasteiger partial charge on any atom is -0.507 e. The summed E-state index contributed by atoms with van der Waals surface area (Å²) < 4.78 is 0. The number of nitrogens with zero attached hydrogens (tertiary/aromatic N) is 1. The largest absolute Gasteiger partial charge is 0.507 e. The molecule has 0 aliphatic heterocycles. The van der Waals surface area contributed by atoms with Gasteiger partial charge in [-0.15, -0.1) is 0 Å². The van der Waals surface area contributed by atoms with Gasteiger partial charge in [-0.1, -0.05) is 23.8 Å². The summed E-state index contributed by atoms with van der Waals surface area (Å²) in [4.78, 5) is 12.1. The number of hydrogen-bond donors (Lipinski definition) is 4. The molecule has 0 spiro atoms. The molecule has 0 fully saturated rings. The van der Waals surface area contributed by atoms with Crippen molar-refractivity contribution in [1.29, 1.82) is 0 Å². The summed E-state index contributed by atoms with van der Waals surface area (Å²) in [7, 11) is 0. The molecule has 0 unspecified atom stereocenters. The first-order valence-electron chi connectivity index (χ1n) is 5.12. The molecule has 0 atom stereocenters. The van der Waals surface area contributed by atoms with E-state index in [0.29, 0.717) is 10.6 Å². The van der Waals surface area contributed by atoms with Crippen LogP contribution in [0.1, 0.15) is 15.9 Å². The van der Waals surface area contributed by atoms with Gasteiger partial charge in [0.15, 0.2) is 0 Å². The molecule has 0 aliphatic rings. The quantitative estimate of drug-likeness (QED) is 0.645. The molecule has 1 aromatic heterocycles. The molecule has 1 heterocycles. The van der Waals surface area contributed by atoms with Gasteiger partial charge in [-0.2, -0.15) is 5.10 Å². The number of phenolic OH excluding ortho intramolecular Hbond substituents is 1. The van der Waals surface area contributed by atoms with Gasteiger partial charge in [0.25, 0.3) is 5.91 Å². The summed E-state index contributed by atoms with van der Waals surface area (Å²) in [6.07, 6.45) is 1.40. The third kappa shape index (κ3) is 2.83. The topological polar surface area (TPSA) is 104 Å². The number of nitrogens with one attached hydrogen (secondary N) is 2. The van der Waals surface area contributed by atoms with Crippen LogP contribution in [0.5, 0.6) is 5.75 Å². The van der Waals surface area contributed by atoms with Crippen LogP contribution in [0, 0.1) is 0 Å². The molecule has 0 aliphatic carbocycles. The second-order valence-electron chi connectivity index (χ2n) is 3.64. The summed E-state index contributed by atoms with van der Waals surface area (Å²) in [5.74, 6) is -0.475. The van der Waals surface area contributed by atoms with Crippen LogP contribution in [0.25, 0.3) is 0 Å². The smallest absolute Gasteiger partial charge is 0.260 e. The van der Waals surface area contributed by atoms with Gasteiger partial charge in [-0.05, 0) is 18.2 Å². The van der Waals surface area contributed by atoms with Crippen LogP contribution >= 0.6 is 23.8 Å². The summed E-state index contributed by atoms with van der Waals surface area (Å²) in [6.45, 7) is 0. The van der Waals surface area contributed by atoms with Crippen LogP contribution in [0.2, 0.25) is 5.02 Å². The van der Waals surface area contributed by atoms with E-state index in [-0.39, 0.29) is 22.1 Å². The van der Waals surface area contributed by atoms with Gasteiger partial charge in [-0.25, -0.2) is 0 Å². The van der Waals surface area contributed by atoms with Crippen molar-refractivity contribution in [2.45, 2.75) is 0 Å². The number of halogens is 1. The second kappa shape index (κ2) is 5.25. The van der Waals surface area contributed by atoms with Gasteiger partial charge in [0, 0.05) is 5.02 Å². The Labute approximate surface area is 118 Å². The minimum absolute atomic E-state index is 0.0380. The number of amides is 1. The maximum absolute atomic E-state index is 12.0. The first-order chi connectivity index (χ1) is 8.99. The SMILES string of the molecule is NC(=S)c1cn[nH]c1NC(=O)c1cc(Cl)ccc1O. The van der Waals surface area contributed by atoms with E-state index in [1.54, 1.807) is 0 Å². The summed E-state index contributed by atoms with van der Waals surface area (Å²) in [5, 5.41) is 18.8. The predicted molar refractivity (Wildman–Crippen MR) is 75.5 cm³/mol. The fraction of sp³-hybridized carbons (Fsp3) is 0. The zero-order valence-electron chi connectivity index (χ0n) is 9.48. The van der Waals surface area contributed by atoms with E-state index in [1.807, 2.05) is 0 Å². The van der Waals surface area contributed by atoms with Crippen molar-refractivity contribution in [2.24, 2.45) is 5.73 Å². The number of phenols is 1. The number of aromatic nitrogens is 2. The van der Waals surface area contributed by atoms with E-state index in [9.17, 15) is 9.90 Å². The molecule has 1 amide bonds. The number of aromatic hydroxyl groups is 1. The number of benzene rings is 1. The summed E-state index contributed by atoms with van der Waals surface area (Å²) in [6, 6.07) is 4.16. The molecule has 2 aromatic rings. The van der Waals surface area contributed by atoms with E-state index in [4.69, 9.17) is 29.6 Å². The van der Waals surface area contributed by atoms with Crippen molar-refractivity contribution in [3.05, 3.63) is 40.5 Å². The molecule has 5 N–H and O–H groups in total. The molecular formula is C11H9ClN4O2S. The normalized spacial score (nSPS) is 10.2. The van der Waals surface area contributed by atoms with Crippen LogP contribution in [-0.2, 0) is 0 Å². The van der Waals surface area contributed by atoms with Crippen molar-refractivity contribution in [2.75, 3.05) is 5.32 Å². The van der Waals surface area contributed by atoms with Gasteiger partial charge >= 0.3 is 0 Å². The highest BCUT2D eigenvalue weighted by atomic mass is 35.5. The van der Waals surface area contributed by atoms with E-state index >= 15 is 0 Å². The molecule has 98 valence electrons. The van der Waals surface area contributed by atoms with Crippen LogP contribution in [0.15, 0.2) is 24.4 Å². The molecule has 0 radical (unpaired) electrons. The molecule has 0 bridgehead atoms. The van der Waals surface area contributed by atoms with Crippen molar-refractivity contribution < 1.29 is 9.90 Å². The number of carbonyl (C=O) groups is 1. The van der Waals surface area contributed by atoms with Gasteiger partial charge in [0.05, 0.1) is 17.3 Å². The standard InChI is InChI=1S/C11H9ClN4O2S/c12-5-1-2-8(17)6(3-5)11(18)15-10-7(9(13)19)4-14-16-10/h1-4,17H,(H2,13,19)(H2,14,15,16,18). The Kier molecular flexibility index (Phi) is 3.68. The first kappa shape index (κ1) is 13.3. The minimum atomic E-state index is -0.554. The van der Waals surface area contributed by atoms with E-state index in [2.05, 4.69) is 15.5 Å². The Balaban J connectivity index is 2.28. The summed E-state index contributed by atoms with van der Waals surface area (Å²) in [5.41, 5.74) is 5.92. The zero-order chi connectivity index (χ0) is 14.0. The Morgan fingerprint density at radius 3 is 2.89 bits per heavy atom. The van der Waals surface area contributed by atoms with Crippen LogP contribution in [0.3, 0.4) is 0 Å². The van der Waals surface area contributed by atoms with E-state index in [0.717, 1.165) is 0 Å². The molecule has 6 nitrogen and oxygen atoms in total. The highest BCUT2D eigenvalue weighted by molar-refractivity contribution is 7.80. The maximum Gasteiger partial charge on any atom is 0.260 e. The van der Waals surface area contributed by atoms with Crippen LogP contribution < -0.4 is 11.1 Å². The predicted octanol–water partition coefficient (Wildman–Crippen LogP) is 1.66. The van der Waals surface area contributed by atoms with Gasteiger partial charge < -0.3 is 16.2 Å². The molecule has 2 rings (SSSR count). The fourth-order valence-electron chi connectivity index (χ4n) is 1.44. The molecule has 0 saturated heterocycles. The number of thiocarbonyl (C=S) groups is 1. The number of aromatic amines is 1. The lowest BCUT2D eigenvalue weighted by atomic mass is 10.2. The first-order valence-corrected chi connectivity index (χ1v) is 5.90. The molecular weight excluding hydrogens is 288 g/mol. The molecule has 19 heavy (non-hydrogen) atoms. The van der Waals surface area contributed by atoms with Crippen molar-refractivity contribution in [3.63, 3.8) is 0 Å². The Morgan fingerprint density at radius 2 is 2.21 bits per heavy atom. The van der Waals surface area contributed by atoms with Crippen molar-refractivity contribution in [3.8, 4) is 5.75 Å². The lowest BCUT2D eigenvalue weighted by molar-refractivity contribution is 0.102. The Hall–Kier alpha value is -2.12. The number of hydrogen-bond acceptors (Lipinski definition) is 4. The Morgan fingerprint density at radius 1 is 1.47 bits per heavy atom. The number of nitrogens with two attached hydrogens (primary N) is 1. The number of carbonyl (C=O) groups excluding carboxylic acids is 1. The lowest BCUT2D eigenvalue weighted by Gasteiger charge is -2.07. The maximum atomic E-state index is 12.0. The molecule has 0 saturated carbocycles. The zero-order valence-corrected chi connectivity index (χ0v) is 11.0. The molecule has 8 heteroatoms. The average molecular weight is 297 g/mol. The number of H-pyrrole nitrogens is 1. The number of anilines is 1. The average Bonchev–Trinajstić information content (AvgIpc) is 2.80. The lowest BCUT2D eigenvalue weighted by Crippen LogP contribution is -2.17. The van der Waals surface area contributed by atoms with E-state index in [1.165, 1.54) is 24.4 Å². The monoisotopic (exact) mass is 296 g/mol. The van der Waals surface area contributed by atoms with Crippen LogP contribution in [0.4, 0.5) is 5.82 Å². The van der Waals surface area contributed by atoms with Gasteiger partial charge in [-0.3, -0.25) is 9.89 Å². The second-order valence-corrected chi connectivity index (χ2v) is 4.51. The van der Waals surface area contributed by atoms with Gasteiger partial charge in [0.2, 0.25) is 0 Å². The third-order valence-corrected chi connectivity index (χ3v) is 2.80. The van der Waals surface area contributed by atoms with Crippen LogP contribution in [-0.4, -0.2) is 26.2 Å². The van der Waals surface area contributed by atoms with Crippen molar-refractivity contribution in [1.82, 2.24) is 10.2 Å².